The summed E-state index contributed by atoms with van der Waals surface area (Å²) >= 11 is 0. The Balaban J connectivity index is 1.66. The maximum atomic E-state index is 14.1. The van der Waals surface area contributed by atoms with Crippen LogP contribution in [0.15, 0.2) is 65.6 Å². The summed E-state index contributed by atoms with van der Waals surface area (Å²) in [4.78, 5) is 19.9. The number of anilines is 1. The van der Waals surface area contributed by atoms with Crippen molar-refractivity contribution in [2.75, 3.05) is 37.8 Å². The topological polar surface area (TPSA) is 120 Å². The number of carbonyl (C=O) groups is 1. The first-order chi connectivity index (χ1) is 22.4. The number of aliphatic carboxylic acids is 1. The number of unbranched alkanes of at least 4 members (excludes halogenated alkanes) is 2. The van der Waals surface area contributed by atoms with Crippen LogP contribution in [0, 0.1) is 5.41 Å². The van der Waals surface area contributed by atoms with Gasteiger partial charge < -0.3 is 19.8 Å². The zero-order valence-electron chi connectivity index (χ0n) is 28.5. The highest BCUT2D eigenvalue weighted by Gasteiger charge is 2.49. The van der Waals surface area contributed by atoms with Gasteiger partial charge >= 0.3 is 5.97 Å². The molecule has 0 unspecified atom stereocenters. The molecule has 0 saturated carbocycles. The molecule has 2 heterocycles. The predicted molar refractivity (Wildman–Crippen MR) is 186 cm³/mol. The van der Waals surface area contributed by atoms with E-state index in [4.69, 9.17) is 9.84 Å². The summed E-state index contributed by atoms with van der Waals surface area (Å²) in [5.74, 6) is -0.841. The van der Waals surface area contributed by atoms with Crippen LogP contribution in [0.2, 0.25) is 0 Å². The molecular formula is C37H51N3O6S. The van der Waals surface area contributed by atoms with Gasteiger partial charge in [0, 0.05) is 37.7 Å². The Morgan fingerprint density at radius 1 is 0.979 bits per heavy atom. The van der Waals surface area contributed by atoms with E-state index in [1.165, 1.54) is 0 Å². The fourth-order valence-electron chi connectivity index (χ4n) is 6.72. The Kier molecular flexibility index (Phi) is 12.4. The molecule has 0 fully saturated rings. The molecule has 0 saturated heterocycles. The van der Waals surface area contributed by atoms with E-state index in [0.29, 0.717) is 42.1 Å². The van der Waals surface area contributed by atoms with Crippen molar-refractivity contribution in [3.05, 3.63) is 83.2 Å². The highest BCUT2D eigenvalue weighted by atomic mass is 32.2. The molecule has 0 aliphatic carbocycles. The Hall–Kier alpha value is -3.47. The van der Waals surface area contributed by atoms with Crippen LogP contribution < -0.4 is 9.64 Å². The fourth-order valence-corrected chi connectivity index (χ4v) is 8.91. The fraction of sp³-hybridized carbons (Fsp3) is 0.514. The maximum Gasteiger partial charge on any atom is 0.317 e. The van der Waals surface area contributed by atoms with E-state index in [1.807, 2.05) is 80.5 Å². The average molecular weight is 666 g/mol. The SMILES string of the molecule is CCCCC1(CCCC)CS(=O)(=O)c2ccc(N(C)C)cc2[C@@H](c2ccc(OCc3cccc(CN(CC)CC(=O)O)n3)cc2)[C@H]1O. The molecule has 9 nitrogen and oxygen atoms in total. The van der Waals surface area contributed by atoms with Gasteiger partial charge in [0.05, 0.1) is 34.7 Å². The van der Waals surface area contributed by atoms with E-state index in [0.717, 1.165) is 48.3 Å². The summed E-state index contributed by atoms with van der Waals surface area (Å²) in [6.45, 7) is 7.33. The summed E-state index contributed by atoms with van der Waals surface area (Å²) in [6, 6.07) is 18.7. The minimum absolute atomic E-state index is 0.0495. The third-order valence-electron chi connectivity index (χ3n) is 9.34. The molecule has 2 N–H and O–H groups in total. The van der Waals surface area contributed by atoms with Crippen molar-refractivity contribution in [1.82, 2.24) is 9.88 Å². The van der Waals surface area contributed by atoms with E-state index in [1.54, 1.807) is 11.0 Å². The second-order valence-electron chi connectivity index (χ2n) is 13.0. The van der Waals surface area contributed by atoms with Crippen molar-refractivity contribution in [2.45, 2.75) is 89.4 Å². The molecule has 0 bridgehead atoms. The summed E-state index contributed by atoms with van der Waals surface area (Å²) < 4.78 is 34.3. The van der Waals surface area contributed by atoms with Crippen molar-refractivity contribution in [1.29, 1.82) is 0 Å². The van der Waals surface area contributed by atoms with Crippen LogP contribution in [0.4, 0.5) is 5.69 Å². The normalized spacial score (nSPS) is 18.4. The maximum absolute atomic E-state index is 14.1. The molecule has 47 heavy (non-hydrogen) atoms. The Morgan fingerprint density at radius 3 is 2.23 bits per heavy atom. The first-order valence-corrected chi connectivity index (χ1v) is 18.4. The van der Waals surface area contributed by atoms with Gasteiger partial charge in [-0.3, -0.25) is 14.7 Å². The summed E-state index contributed by atoms with van der Waals surface area (Å²) in [7, 11) is 0.185. The third-order valence-corrected chi connectivity index (χ3v) is 11.3. The van der Waals surface area contributed by atoms with Crippen LogP contribution in [0.5, 0.6) is 5.75 Å². The van der Waals surface area contributed by atoms with Crippen LogP contribution in [0.3, 0.4) is 0 Å². The van der Waals surface area contributed by atoms with Crippen molar-refractivity contribution in [2.24, 2.45) is 5.41 Å². The van der Waals surface area contributed by atoms with Crippen LogP contribution in [-0.2, 0) is 27.8 Å². The number of rotatable bonds is 16. The largest absolute Gasteiger partial charge is 0.487 e. The number of benzene rings is 2. The molecule has 1 aromatic heterocycles. The van der Waals surface area contributed by atoms with Crippen molar-refractivity contribution >= 4 is 21.5 Å². The number of fused-ring (bicyclic) bond motifs is 1. The number of aliphatic hydroxyl groups excluding tert-OH is 1. The van der Waals surface area contributed by atoms with Gasteiger partial charge in [-0.25, -0.2) is 8.42 Å². The molecule has 3 aromatic rings. The quantitative estimate of drug-likeness (QED) is 0.182. The summed E-state index contributed by atoms with van der Waals surface area (Å²) in [5.41, 5.74) is 3.09. The number of hydrogen-bond donors (Lipinski definition) is 2. The Labute approximate surface area is 280 Å². The number of pyridine rings is 1. The monoisotopic (exact) mass is 665 g/mol. The van der Waals surface area contributed by atoms with Crippen LogP contribution in [-0.4, -0.2) is 73.5 Å². The number of aromatic nitrogens is 1. The molecule has 10 heteroatoms. The minimum atomic E-state index is -3.67. The number of sulfone groups is 1. The standard InChI is InChI=1S/C37H51N3O6S/c1-6-9-20-37(21-10-7-2)26-47(44,45)33-19-16-30(39(4)5)22-32(33)35(36(37)43)27-14-17-31(18-15-27)46-25-29-13-11-12-28(38-29)23-40(8-3)24-34(41)42/h11-19,22,35-36,43H,6-10,20-21,23-26H2,1-5H3,(H,41,42)/t35-,36-/m1/s1. The minimum Gasteiger partial charge on any atom is -0.487 e. The van der Waals surface area contributed by atoms with E-state index in [-0.39, 0.29) is 18.9 Å². The molecule has 1 aliphatic rings. The average Bonchev–Trinajstić information content (AvgIpc) is 3.11. The van der Waals surface area contributed by atoms with Crippen molar-refractivity contribution in [3.63, 3.8) is 0 Å². The highest BCUT2D eigenvalue weighted by Crippen LogP contribution is 2.50. The lowest BCUT2D eigenvalue weighted by molar-refractivity contribution is -0.138. The molecular weight excluding hydrogens is 614 g/mol. The first kappa shape index (κ1) is 36.4. The lowest BCUT2D eigenvalue weighted by Gasteiger charge is -2.40. The van der Waals surface area contributed by atoms with Crippen LogP contribution in [0.1, 0.15) is 87.7 Å². The van der Waals surface area contributed by atoms with Gasteiger partial charge in [0.15, 0.2) is 9.84 Å². The zero-order valence-corrected chi connectivity index (χ0v) is 29.3. The Bertz CT molecular complexity index is 1580. The van der Waals surface area contributed by atoms with E-state index >= 15 is 0 Å². The second-order valence-corrected chi connectivity index (χ2v) is 15.0. The number of carboxylic acid groups (broad SMARTS) is 1. The van der Waals surface area contributed by atoms with Gasteiger partial charge in [-0.2, -0.15) is 0 Å². The zero-order chi connectivity index (χ0) is 34.2. The van der Waals surface area contributed by atoms with Crippen molar-refractivity contribution in [3.8, 4) is 5.75 Å². The number of carboxylic acids is 1. The number of nitrogens with zero attached hydrogens (tertiary/aromatic N) is 3. The van der Waals surface area contributed by atoms with Crippen LogP contribution >= 0.6 is 0 Å². The van der Waals surface area contributed by atoms with E-state index in [9.17, 15) is 18.3 Å². The number of hydrogen-bond acceptors (Lipinski definition) is 8. The molecule has 2 atom stereocenters. The Morgan fingerprint density at radius 2 is 1.64 bits per heavy atom. The molecule has 0 spiro atoms. The van der Waals surface area contributed by atoms with Crippen LogP contribution in [0.25, 0.3) is 0 Å². The second kappa shape index (κ2) is 16.1. The number of likely N-dealkylation sites (N-methyl/N-ethyl adjacent to an activating group) is 1. The summed E-state index contributed by atoms with van der Waals surface area (Å²) in [6.07, 6.45) is 3.94. The van der Waals surface area contributed by atoms with Gasteiger partial charge in [0.25, 0.3) is 0 Å². The van der Waals surface area contributed by atoms with E-state index < -0.39 is 33.2 Å². The van der Waals surface area contributed by atoms with Gasteiger partial charge in [0.2, 0.25) is 0 Å². The molecule has 256 valence electrons. The van der Waals surface area contributed by atoms with Gasteiger partial charge in [-0.15, -0.1) is 0 Å². The van der Waals surface area contributed by atoms with Crippen molar-refractivity contribution < 1.29 is 28.2 Å². The molecule has 2 aromatic carbocycles. The van der Waals surface area contributed by atoms with Gasteiger partial charge in [-0.05, 0) is 73.0 Å². The highest BCUT2D eigenvalue weighted by molar-refractivity contribution is 7.91. The molecule has 0 amide bonds. The first-order valence-electron chi connectivity index (χ1n) is 16.8. The third kappa shape index (κ3) is 8.91. The molecule has 1 aliphatic heterocycles. The predicted octanol–water partition coefficient (Wildman–Crippen LogP) is 6.28. The van der Waals surface area contributed by atoms with E-state index in [2.05, 4.69) is 18.8 Å². The molecule has 0 radical (unpaired) electrons. The lowest BCUT2D eigenvalue weighted by Crippen LogP contribution is -2.43. The smallest absolute Gasteiger partial charge is 0.317 e. The number of ether oxygens (including phenoxy) is 1. The molecule has 4 rings (SSSR count). The lowest BCUT2D eigenvalue weighted by atomic mass is 9.68. The van der Waals surface area contributed by atoms with Gasteiger partial charge in [0.1, 0.15) is 12.4 Å². The summed E-state index contributed by atoms with van der Waals surface area (Å²) in [5, 5.41) is 21.6. The number of aliphatic hydroxyl groups is 1. The van der Waals surface area contributed by atoms with Gasteiger partial charge in [-0.1, -0.05) is 64.7 Å².